The second-order valence-corrected chi connectivity index (χ2v) is 5.59. The summed E-state index contributed by atoms with van der Waals surface area (Å²) in [7, 11) is 0. The predicted octanol–water partition coefficient (Wildman–Crippen LogP) is 4.91. The van der Waals surface area contributed by atoms with E-state index in [1.54, 1.807) is 13.8 Å². The maximum Gasteiger partial charge on any atom is 0.135 e. The Kier molecular flexibility index (Phi) is 10.7. The molecule has 0 spiro atoms. The molecule has 0 aliphatic heterocycles. The number of Topliss-reactive ketones (excluding diaryl/α,β-unsaturated/α-hetero) is 2. The van der Waals surface area contributed by atoms with Crippen molar-refractivity contribution in [2.45, 2.75) is 75.7 Å². The van der Waals surface area contributed by atoms with Crippen LogP contribution >= 0.6 is 0 Å². The van der Waals surface area contributed by atoms with Crippen LogP contribution in [0.4, 0.5) is 0 Å². The summed E-state index contributed by atoms with van der Waals surface area (Å²) in [4.78, 5) is 21.4. The van der Waals surface area contributed by atoms with Crippen LogP contribution in [0.3, 0.4) is 0 Å². The van der Waals surface area contributed by atoms with Gasteiger partial charge in [-0.3, -0.25) is 9.59 Å². The zero-order valence-corrected chi connectivity index (χ0v) is 12.2. The molecule has 0 saturated heterocycles. The summed E-state index contributed by atoms with van der Waals surface area (Å²) in [6, 6.07) is 0. The van der Waals surface area contributed by atoms with E-state index in [9.17, 15) is 9.59 Å². The van der Waals surface area contributed by atoms with E-state index >= 15 is 0 Å². The maximum absolute atomic E-state index is 10.7. The first-order chi connectivity index (χ1) is 7.01. The van der Waals surface area contributed by atoms with Gasteiger partial charge in [0.15, 0.2) is 0 Å². The fraction of sp³-hybridized carbons (Fsp3) is 0.867. The zero-order chi connectivity index (χ0) is 13.6. The van der Waals surface area contributed by atoms with E-state index in [0.29, 0.717) is 0 Å². The number of carbonyl (C=O) groups is 2. The van der Waals surface area contributed by atoms with Gasteiger partial charge in [0.1, 0.15) is 11.6 Å². The molecule has 2 nitrogen and oxygen atoms in total. The number of hydrogen-bond donors (Lipinski definition) is 0. The summed E-state index contributed by atoms with van der Waals surface area (Å²) >= 11 is 0. The Morgan fingerprint density at radius 1 is 0.824 bits per heavy atom. The minimum absolute atomic E-state index is 0. The summed E-state index contributed by atoms with van der Waals surface area (Å²) in [5.74, 6) is 0.556. The van der Waals surface area contributed by atoms with Gasteiger partial charge in [0, 0.05) is 12.3 Å². The van der Waals surface area contributed by atoms with Crippen molar-refractivity contribution < 1.29 is 11.0 Å². The highest BCUT2D eigenvalue weighted by atomic mass is 16.1. The number of hydrogen-bond acceptors (Lipinski definition) is 2. The number of ketones is 2. The molecular formula is C15H34O2. The summed E-state index contributed by atoms with van der Waals surface area (Å²) in [6.45, 7) is 15.2. The van der Waals surface area contributed by atoms with E-state index in [1.807, 2.05) is 41.5 Å². The molecule has 106 valence electrons. The van der Waals surface area contributed by atoms with Gasteiger partial charge in [0.05, 0.1) is 0 Å². The van der Waals surface area contributed by atoms with E-state index in [4.69, 9.17) is 0 Å². The average molecular weight is 246 g/mol. The molecule has 2 heteroatoms. The van der Waals surface area contributed by atoms with Crippen LogP contribution < -0.4 is 0 Å². The van der Waals surface area contributed by atoms with Crippen LogP contribution in [-0.2, 0) is 9.59 Å². The van der Waals surface area contributed by atoms with Gasteiger partial charge < -0.3 is 0 Å². The third-order valence-electron chi connectivity index (χ3n) is 3.67. The first kappa shape index (κ1) is 21.6. The Balaban J connectivity index is -0.0000000980. The Labute approximate surface area is 110 Å². The van der Waals surface area contributed by atoms with Crippen molar-refractivity contribution in [3.63, 3.8) is 0 Å². The van der Waals surface area contributed by atoms with Crippen LogP contribution in [0.5, 0.6) is 0 Å². The third-order valence-corrected chi connectivity index (χ3v) is 3.67. The van der Waals surface area contributed by atoms with Crippen LogP contribution in [-0.4, -0.2) is 11.6 Å². The van der Waals surface area contributed by atoms with Crippen LogP contribution in [0, 0.1) is 10.8 Å². The molecule has 0 aromatic heterocycles. The molecule has 0 saturated carbocycles. The lowest BCUT2D eigenvalue weighted by Crippen LogP contribution is -2.19. The van der Waals surface area contributed by atoms with Crippen LogP contribution in [0.1, 0.15) is 77.1 Å². The molecule has 0 aromatic rings. The summed E-state index contributed by atoms with van der Waals surface area (Å²) in [5, 5.41) is 0. The first-order valence-electron chi connectivity index (χ1n) is 6.03. The smallest absolute Gasteiger partial charge is 0.135 e. The zero-order valence-electron chi connectivity index (χ0n) is 12.2. The SMILES string of the molecule is C.CCC(C)(C)C(C)=O.CCC(C)(C)C(C)=O.[HH]. The van der Waals surface area contributed by atoms with Crippen molar-refractivity contribution in [3.8, 4) is 0 Å². The predicted molar refractivity (Wildman–Crippen MR) is 78.4 cm³/mol. The standard InChI is InChI=1S/2C7H14O.CH4.H2/c2*1-5-7(3,4)6(2)8;;/h2*5H2,1-4H3;1H4;1H. The Morgan fingerprint density at radius 2 is 1.00 bits per heavy atom. The fourth-order valence-electron chi connectivity index (χ4n) is 0.498. The quantitative estimate of drug-likeness (QED) is 0.706. The van der Waals surface area contributed by atoms with Crippen LogP contribution in [0.2, 0.25) is 0 Å². The fourth-order valence-corrected chi connectivity index (χ4v) is 0.498. The summed E-state index contributed by atoms with van der Waals surface area (Å²) in [6.07, 6.45) is 1.87. The lowest BCUT2D eigenvalue weighted by Gasteiger charge is -2.17. The van der Waals surface area contributed by atoms with E-state index in [-0.39, 0.29) is 31.2 Å². The number of rotatable bonds is 4. The molecule has 0 bridgehead atoms. The molecule has 17 heavy (non-hydrogen) atoms. The van der Waals surface area contributed by atoms with E-state index < -0.39 is 0 Å². The minimum atomic E-state index is -0.0972. The molecule has 0 heterocycles. The molecule has 0 aromatic carbocycles. The van der Waals surface area contributed by atoms with Crippen molar-refractivity contribution in [3.05, 3.63) is 0 Å². The Hall–Kier alpha value is -0.660. The normalized spacial score (nSPS) is 10.8. The van der Waals surface area contributed by atoms with Gasteiger partial charge in [-0.1, -0.05) is 49.0 Å². The van der Waals surface area contributed by atoms with E-state index in [0.717, 1.165) is 12.8 Å². The monoisotopic (exact) mass is 246 g/mol. The molecule has 0 unspecified atom stereocenters. The number of carbonyl (C=O) groups excluding carboxylic acids is 2. The molecule has 0 fully saturated rings. The molecule has 0 N–H and O–H groups in total. The average Bonchev–Trinajstić information content (AvgIpc) is 2.18. The molecule has 0 aliphatic carbocycles. The van der Waals surface area contributed by atoms with Gasteiger partial charge in [0.25, 0.3) is 0 Å². The molecule has 0 amide bonds. The highest BCUT2D eigenvalue weighted by molar-refractivity contribution is 5.81. The highest BCUT2D eigenvalue weighted by Crippen LogP contribution is 2.20. The first-order valence-corrected chi connectivity index (χ1v) is 6.03. The van der Waals surface area contributed by atoms with Gasteiger partial charge in [-0.2, -0.15) is 0 Å². The van der Waals surface area contributed by atoms with Crippen molar-refractivity contribution >= 4 is 11.6 Å². The van der Waals surface area contributed by atoms with Crippen LogP contribution in [0.25, 0.3) is 0 Å². The van der Waals surface area contributed by atoms with Crippen LogP contribution in [0.15, 0.2) is 0 Å². The van der Waals surface area contributed by atoms with Crippen molar-refractivity contribution in [2.24, 2.45) is 10.8 Å². The highest BCUT2D eigenvalue weighted by Gasteiger charge is 2.20. The van der Waals surface area contributed by atoms with E-state index in [2.05, 4.69) is 0 Å². The van der Waals surface area contributed by atoms with Crippen molar-refractivity contribution in [2.75, 3.05) is 0 Å². The lowest BCUT2D eigenvalue weighted by molar-refractivity contribution is -0.125. The second kappa shape index (κ2) is 8.43. The van der Waals surface area contributed by atoms with Gasteiger partial charge in [-0.05, 0) is 26.7 Å². The molecule has 0 aliphatic rings. The summed E-state index contributed by atoms with van der Waals surface area (Å²) < 4.78 is 0. The summed E-state index contributed by atoms with van der Waals surface area (Å²) in [5.41, 5.74) is -0.194. The van der Waals surface area contributed by atoms with Crippen molar-refractivity contribution in [1.29, 1.82) is 0 Å². The molecule has 0 atom stereocenters. The minimum Gasteiger partial charge on any atom is -0.299 e. The largest absolute Gasteiger partial charge is 0.299 e. The van der Waals surface area contributed by atoms with Gasteiger partial charge in [-0.25, -0.2) is 0 Å². The molecular weight excluding hydrogens is 212 g/mol. The second-order valence-electron chi connectivity index (χ2n) is 5.59. The van der Waals surface area contributed by atoms with Crippen molar-refractivity contribution in [1.82, 2.24) is 0 Å². The topological polar surface area (TPSA) is 34.1 Å². The van der Waals surface area contributed by atoms with Gasteiger partial charge >= 0.3 is 0 Å². The Bertz CT molecular complexity index is 217. The third kappa shape index (κ3) is 9.08. The molecule has 0 rings (SSSR count). The Morgan fingerprint density at radius 3 is 1.00 bits per heavy atom. The molecule has 0 radical (unpaired) electrons. The maximum atomic E-state index is 10.7. The van der Waals surface area contributed by atoms with Gasteiger partial charge in [-0.15, -0.1) is 0 Å². The van der Waals surface area contributed by atoms with Gasteiger partial charge in [0.2, 0.25) is 0 Å². The van der Waals surface area contributed by atoms with E-state index in [1.165, 1.54) is 0 Å². The lowest BCUT2D eigenvalue weighted by atomic mass is 9.86.